The monoisotopic (exact) mass is 440 g/mol. The van der Waals surface area contributed by atoms with Gasteiger partial charge in [-0.25, -0.2) is 14.2 Å². The van der Waals surface area contributed by atoms with Gasteiger partial charge in [0.25, 0.3) is 5.91 Å². The van der Waals surface area contributed by atoms with Crippen LogP contribution >= 0.6 is 0 Å². The molecule has 5 rings (SSSR count). The molecule has 0 aliphatic heterocycles. The minimum absolute atomic E-state index is 0.0297. The van der Waals surface area contributed by atoms with E-state index < -0.39 is 17.8 Å². The van der Waals surface area contributed by atoms with Gasteiger partial charge in [0, 0.05) is 43.7 Å². The second-order valence-electron chi connectivity index (χ2n) is 7.92. The second-order valence-corrected chi connectivity index (χ2v) is 7.92. The molecule has 1 amide bonds. The molecule has 0 unspecified atom stereocenters. The minimum atomic E-state index is -4.60. The van der Waals surface area contributed by atoms with E-state index in [4.69, 9.17) is 0 Å². The van der Waals surface area contributed by atoms with E-state index in [-0.39, 0.29) is 23.8 Å². The van der Waals surface area contributed by atoms with E-state index >= 15 is 0 Å². The predicted molar refractivity (Wildman–Crippen MR) is 109 cm³/mol. The highest BCUT2D eigenvalue weighted by atomic mass is 19.4. The Bertz CT molecular complexity index is 1270. The van der Waals surface area contributed by atoms with Crippen LogP contribution in [0.2, 0.25) is 0 Å². The molecular weight excluding hydrogens is 421 g/mol. The van der Waals surface area contributed by atoms with Crippen LogP contribution in [0.4, 0.5) is 13.2 Å². The minimum Gasteiger partial charge on any atom is -0.336 e. The molecule has 3 heterocycles. The van der Waals surface area contributed by atoms with Gasteiger partial charge in [-0.05, 0) is 42.7 Å². The molecule has 0 atom stereocenters. The first-order valence-corrected chi connectivity index (χ1v) is 10.1. The van der Waals surface area contributed by atoms with Gasteiger partial charge < -0.3 is 4.90 Å². The zero-order chi connectivity index (χ0) is 22.5. The maximum atomic E-state index is 13.6. The van der Waals surface area contributed by atoms with Crippen molar-refractivity contribution in [1.29, 1.82) is 0 Å². The van der Waals surface area contributed by atoms with Crippen molar-refractivity contribution in [1.82, 2.24) is 29.3 Å². The number of amides is 1. The molecule has 1 aliphatic rings. The Balaban J connectivity index is 1.39. The molecule has 4 aromatic rings. The summed E-state index contributed by atoms with van der Waals surface area (Å²) < 4.78 is 43.2. The molecule has 0 saturated heterocycles. The Kier molecular flexibility index (Phi) is 4.72. The van der Waals surface area contributed by atoms with Crippen LogP contribution < -0.4 is 0 Å². The molecule has 0 radical (unpaired) electrons. The fourth-order valence-electron chi connectivity index (χ4n) is 3.61. The van der Waals surface area contributed by atoms with Crippen LogP contribution in [0.5, 0.6) is 0 Å². The highest BCUT2D eigenvalue weighted by molar-refractivity contribution is 5.93. The maximum absolute atomic E-state index is 13.6. The quantitative estimate of drug-likeness (QED) is 0.469. The fourth-order valence-corrected chi connectivity index (χ4v) is 3.61. The van der Waals surface area contributed by atoms with E-state index in [1.54, 1.807) is 17.9 Å². The average Bonchev–Trinajstić information content (AvgIpc) is 3.29. The summed E-state index contributed by atoms with van der Waals surface area (Å²) in [6, 6.07) is 11.7. The maximum Gasteiger partial charge on any atom is 0.433 e. The molecule has 0 N–H and O–H groups in total. The van der Waals surface area contributed by atoms with Crippen molar-refractivity contribution in [2.24, 2.45) is 0 Å². The lowest BCUT2D eigenvalue weighted by atomic mass is 10.2. The Labute approximate surface area is 181 Å². The fraction of sp³-hybridized carbons (Fsp3) is 0.273. The van der Waals surface area contributed by atoms with Crippen LogP contribution in [0.1, 0.15) is 46.2 Å². The van der Waals surface area contributed by atoms with Crippen molar-refractivity contribution in [3.63, 3.8) is 0 Å². The first-order valence-electron chi connectivity index (χ1n) is 10.1. The summed E-state index contributed by atoms with van der Waals surface area (Å²) >= 11 is 0. The van der Waals surface area contributed by atoms with E-state index in [0.717, 1.165) is 30.2 Å². The summed E-state index contributed by atoms with van der Waals surface area (Å²) in [5, 5.41) is 8.11. The van der Waals surface area contributed by atoms with Gasteiger partial charge in [-0.2, -0.15) is 23.4 Å². The Hall–Kier alpha value is -3.69. The molecule has 0 spiro atoms. The summed E-state index contributed by atoms with van der Waals surface area (Å²) in [6.45, 7) is 0.277. The number of rotatable bonds is 5. The third-order valence-electron chi connectivity index (χ3n) is 5.42. The number of carbonyl (C=O) groups is 1. The molecule has 3 aromatic heterocycles. The van der Waals surface area contributed by atoms with Gasteiger partial charge >= 0.3 is 6.18 Å². The molecule has 7 nitrogen and oxygen atoms in total. The summed E-state index contributed by atoms with van der Waals surface area (Å²) in [4.78, 5) is 18.6. The number of hydrogen-bond donors (Lipinski definition) is 0. The number of halogens is 3. The molecule has 1 fully saturated rings. The summed E-state index contributed by atoms with van der Waals surface area (Å²) in [6.07, 6.45) is 0.553. The van der Waals surface area contributed by atoms with Crippen LogP contribution in [-0.4, -0.2) is 42.2 Å². The van der Waals surface area contributed by atoms with Gasteiger partial charge in [0.2, 0.25) is 0 Å². The number of benzene rings is 1. The highest BCUT2D eigenvalue weighted by Crippen LogP contribution is 2.41. The lowest BCUT2D eigenvalue weighted by Crippen LogP contribution is -2.26. The van der Waals surface area contributed by atoms with E-state index in [1.807, 2.05) is 36.5 Å². The van der Waals surface area contributed by atoms with Crippen molar-refractivity contribution >= 4 is 11.6 Å². The van der Waals surface area contributed by atoms with Crippen molar-refractivity contribution in [2.45, 2.75) is 31.5 Å². The van der Waals surface area contributed by atoms with Gasteiger partial charge in [0.1, 0.15) is 5.69 Å². The van der Waals surface area contributed by atoms with Crippen molar-refractivity contribution in [3.8, 4) is 5.69 Å². The van der Waals surface area contributed by atoms with Crippen LogP contribution in [0.3, 0.4) is 0 Å². The number of fused-ring (bicyclic) bond motifs is 1. The van der Waals surface area contributed by atoms with Crippen LogP contribution in [-0.2, 0) is 12.7 Å². The highest BCUT2D eigenvalue weighted by Gasteiger charge is 2.37. The van der Waals surface area contributed by atoms with Crippen LogP contribution in [0.25, 0.3) is 11.3 Å². The van der Waals surface area contributed by atoms with Crippen LogP contribution in [0.15, 0.2) is 54.9 Å². The largest absolute Gasteiger partial charge is 0.433 e. The molecule has 32 heavy (non-hydrogen) atoms. The van der Waals surface area contributed by atoms with E-state index in [2.05, 4.69) is 15.2 Å². The normalized spacial score (nSPS) is 14.1. The van der Waals surface area contributed by atoms with E-state index in [0.29, 0.717) is 10.2 Å². The predicted octanol–water partition coefficient (Wildman–Crippen LogP) is 4.08. The van der Waals surface area contributed by atoms with Gasteiger partial charge in [-0.1, -0.05) is 12.1 Å². The standard InChI is InChI=1S/C22H19F3N6O/c1-29(13-14-3-7-16(8-4-14)30-10-2-9-26-30)21(32)18-12-20-27-17(15-5-6-15)11-19(22(23,24)25)31(20)28-18/h2-4,7-12,15H,5-6,13H2,1H3. The second kappa shape index (κ2) is 7.47. The molecule has 1 aromatic carbocycles. The van der Waals surface area contributed by atoms with E-state index in [1.165, 1.54) is 11.0 Å². The number of nitrogens with zero attached hydrogens (tertiary/aromatic N) is 6. The number of carbonyl (C=O) groups excluding carboxylic acids is 1. The van der Waals surface area contributed by atoms with Crippen LogP contribution in [0, 0.1) is 0 Å². The molecule has 0 bridgehead atoms. The third kappa shape index (κ3) is 3.83. The van der Waals surface area contributed by atoms with Gasteiger partial charge in [-0.3, -0.25) is 4.79 Å². The summed E-state index contributed by atoms with van der Waals surface area (Å²) in [7, 11) is 1.58. The Morgan fingerprint density at radius 3 is 2.56 bits per heavy atom. The summed E-state index contributed by atoms with van der Waals surface area (Å²) in [5.74, 6) is -0.435. The molecule has 1 saturated carbocycles. The average molecular weight is 440 g/mol. The van der Waals surface area contributed by atoms with Crippen molar-refractivity contribution < 1.29 is 18.0 Å². The van der Waals surface area contributed by atoms with E-state index in [9.17, 15) is 18.0 Å². The summed E-state index contributed by atoms with van der Waals surface area (Å²) in [5.41, 5.74) is 1.18. The van der Waals surface area contributed by atoms with Gasteiger partial charge in [-0.15, -0.1) is 0 Å². The first kappa shape index (κ1) is 20.2. The molecule has 164 valence electrons. The Morgan fingerprint density at radius 2 is 1.94 bits per heavy atom. The number of alkyl halides is 3. The molecule has 10 heteroatoms. The Morgan fingerprint density at radius 1 is 1.19 bits per heavy atom. The third-order valence-corrected chi connectivity index (χ3v) is 5.42. The van der Waals surface area contributed by atoms with Crippen molar-refractivity contribution in [3.05, 3.63) is 77.5 Å². The van der Waals surface area contributed by atoms with Gasteiger partial charge in [0.15, 0.2) is 11.3 Å². The lowest BCUT2D eigenvalue weighted by Gasteiger charge is -2.16. The molecule has 1 aliphatic carbocycles. The van der Waals surface area contributed by atoms with Crippen molar-refractivity contribution in [2.75, 3.05) is 7.05 Å². The van der Waals surface area contributed by atoms with Gasteiger partial charge in [0.05, 0.1) is 5.69 Å². The zero-order valence-corrected chi connectivity index (χ0v) is 17.1. The first-order chi connectivity index (χ1) is 15.3. The molecular formula is C22H19F3N6O. The number of aromatic nitrogens is 5. The SMILES string of the molecule is CN(Cc1ccc(-n2cccn2)cc1)C(=O)c1cc2nc(C3CC3)cc(C(F)(F)F)n2n1. The topological polar surface area (TPSA) is 68.3 Å². The zero-order valence-electron chi connectivity index (χ0n) is 17.1. The number of hydrogen-bond acceptors (Lipinski definition) is 4. The smallest absolute Gasteiger partial charge is 0.336 e. The lowest BCUT2D eigenvalue weighted by molar-refractivity contribution is -0.142.